The van der Waals surface area contributed by atoms with Gasteiger partial charge in [-0.25, -0.2) is 4.58 Å². The maximum atomic E-state index is 6.61. The van der Waals surface area contributed by atoms with E-state index in [1.54, 1.807) is 5.57 Å². The van der Waals surface area contributed by atoms with E-state index in [-0.39, 0.29) is 0 Å². The van der Waals surface area contributed by atoms with E-state index < -0.39 is 0 Å². The Balaban J connectivity index is 1.31. The van der Waals surface area contributed by atoms with E-state index in [1.165, 1.54) is 45.3 Å². The second kappa shape index (κ2) is 7.95. The van der Waals surface area contributed by atoms with Gasteiger partial charge in [0.2, 0.25) is 0 Å². The predicted octanol–water partition coefficient (Wildman–Crippen LogP) is 7.95. The lowest BCUT2D eigenvalue weighted by Crippen LogP contribution is -2.24. The molecule has 3 heterocycles. The van der Waals surface area contributed by atoms with E-state index in [0.29, 0.717) is 17.8 Å². The molecule has 0 amide bonds. The third kappa shape index (κ3) is 3.35. The summed E-state index contributed by atoms with van der Waals surface area (Å²) in [5.74, 6) is 2.60. The van der Waals surface area contributed by atoms with Gasteiger partial charge in [0.15, 0.2) is 12.3 Å². The summed E-state index contributed by atoms with van der Waals surface area (Å²) >= 11 is 0. The highest BCUT2D eigenvalue weighted by atomic mass is 16.3. The number of hydrogen-bond donors (Lipinski definition) is 0. The van der Waals surface area contributed by atoms with Crippen molar-refractivity contribution in [1.29, 1.82) is 0 Å². The van der Waals surface area contributed by atoms with Gasteiger partial charge < -0.3 is 4.42 Å². The highest BCUT2D eigenvalue weighted by Gasteiger charge is 2.46. The van der Waals surface area contributed by atoms with Crippen molar-refractivity contribution in [2.75, 3.05) is 13.1 Å². The Bertz CT molecular complexity index is 1550. The molecule has 1 aliphatic carbocycles. The Morgan fingerprint density at radius 1 is 0.857 bits per heavy atom. The molecule has 2 heteroatoms. The molecule has 0 N–H and O–H groups in total. The van der Waals surface area contributed by atoms with Crippen LogP contribution in [0.3, 0.4) is 0 Å². The van der Waals surface area contributed by atoms with Crippen molar-refractivity contribution < 1.29 is 8.99 Å². The van der Waals surface area contributed by atoms with Crippen molar-refractivity contribution in [2.45, 2.75) is 26.2 Å². The van der Waals surface area contributed by atoms with Crippen molar-refractivity contribution in [3.05, 3.63) is 102 Å². The van der Waals surface area contributed by atoms with Crippen LogP contribution in [0.25, 0.3) is 39.3 Å². The summed E-state index contributed by atoms with van der Waals surface area (Å²) in [4.78, 5) is 0. The van der Waals surface area contributed by atoms with Crippen molar-refractivity contribution in [3.8, 4) is 22.3 Å². The van der Waals surface area contributed by atoms with E-state index in [1.807, 2.05) is 0 Å². The van der Waals surface area contributed by atoms with Gasteiger partial charge in [0.25, 0.3) is 0 Å². The first-order valence-corrected chi connectivity index (χ1v) is 12.9. The maximum absolute atomic E-state index is 6.61. The van der Waals surface area contributed by atoms with Crippen molar-refractivity contribution in [1.82, 2.24) is 0 Å². The fourth-order valence-corrected chi connectivity index (χ4v) is 6.21. The number of fused-ring (bicyclic) bond motifs is 6. The molecule has 172 valence electrons. The molecule has 3 aromatic carbocycles. The van der Waals surface area contributed by atoms with E-state index in [9.17, 15) is 0 Å². The van der Waals surface area contributed by atoms with Crippen LogP contribution in [0.1, 0.15) is 37.5 Å². The molecule has 3 aliphatic rings. The molecule has 0 saturated carbocycles. The number of nitrogens with zero attached hydrogens (tertiary/aromatic N) is 1. The van der Waals surface area contributed by atoms with Gasteiger partial charge in [0, 0.05) is 23.4 Å². The van der Waals surface area contributed by atoms with E-state index in [2.05, 4.69) is 109 Å². The van der Waals surface area contributed by atoms with Crippen molar-refractivity contribution >= 4 is 22.8 Å². The number of furan rings is 1. The fraction of sp³-hybridized carbons (Fsp3) is 0.242. The normalized spacial score (nSPS) is 20.7. The number of hydrogen-bond acceptors (Lipinski definition) is 1. The van der Waals surface area contributed by atoms with E-state index in [4.69, 9.17) is 4.42 Å². The Hall–Kier alpha value is -3.65. The van der Waals surface area contributed by atoms with E-state index in [0.717, 1.165) is 24.4 Å². The van der Waals surface area contributed by atoms with Crippen LogP contribution in [0.15, 0.2) is 94.9 Å². The Morgan fingerprint density at radius 2 is 1.63 bits per heavy atom. The average molecular weight is 457 g/mol. The summed E-state index contributed by atoms with van der Waals surface area (Å²) in [5, 5.41) is 1.22. The van der Waals surface area contributed by atoms with Gasteiger partial charge in [-0.1, -0.05) is 86.2 Å². The number of allylic oxidation sites excluding steroid dienone is 1. The quantitative estimate of drug-likeness (QED) is 0.286. The van der Waals surface area contributed by atoms with Gasteiger partial charge in [-0.3, -0.25) is 0 Å². The molecular weight excluding hydrogens is 426 g/mol. The first-order valence-electron chi connectivity index (χ1n) is 12.9. The highest BCUT2D eigenvalue weighted by Crippen LogP contribution is 2.45. The second-order valence-corrected chi connectivity index (χ2v) is 10.5. The van der Waals surface area contributed by atoms with Gasteiger partial charge in [-0.05, 0) is 46.4 Å². The van der Waals surface area contributed by atoms with Crippen LogP contribution in [0.4, 0.5) is 0 Å². The van der Waals surface area contributed by atoms with Gasteiger partial charge in [0.1, 0.15) is 23.8 Å². The largest absolute Gasteiger partial charge is 0.459 e. The lowest BCUT2D eigenvalue weighted by atomic mass is 9.81. The molecule has 2 unspecified atom stereocenters. The summed E-state index contributed by atoms with van der Waals surface area (Å²) in [6, 6.07) is 26.1. The monoisotopic (exact) mass is 456 g/mol. The first kappa shape index (κ1) is 20.7. The van der Waals surface area contributed by atoms with Gasteiger partial charge in [-0.2, -0.15) is 0 Å². The molecule has 2 aliphatic heterocycles. The lowest BCUT2D eigenvalue weighted by Gasteiger charge is -2.18. The minimum Gasteiger partial charge on any atom is -0.459 e. The number of rotatable bonds is 3. The molecule has 0 spiro atoms. The first-order chi connectivity index (χ1) is 17.2. The zero-order chi connectivity index (χ0) is 23.5. The summed E-state index contributed by atoms with van der Waals surface area (Å²) in [7, 11) is 0. The van der Waals surface area contributed by atoms with Gasteiger partial charge in [0.05, 0.1) is 5.92 Å². The molecule has 0 fully saturated rings. The van der Waals surface area contributed by atoms with Crippen LogP contribution in [0.5, 0.6) is 0 Å². The minimum atomic E-state index is 0.335. The average Bonchev–Trinajstić information content (AvgIpc) is 3.46. The number of benzene rings is 3. The molecule has 7 rings (SSSR count). The molecule has 4 aromatic rings. The topological polar surface area (TPSA) is 16.1 Å². The summed E-state index contributed by atoms with van der Waals surface area (Å²) < 4.78 is 9.20. The Labute approximate surface area is 206 Å². The van der Waals surface area contributed by atoms with Crippen LogP contribution >= 0.6 is 0 Å². The minimum absolute atomic E-state index is 0.335. The third-order valence-corrected chi connectivity index (χ3v) is 8.14. The molecular formula is C33H30NO+. The Morgan fingerprint density at radius 3 is 2.46 bits per heavy atom. The summed E-state index contributed by atoms with van der Waals surface area (Å²) in [6.07, 6.45) is 8.41. The molecule has 2 atom stereocenters. The predicted molar refractivity (Wildman–Crippen MR) is 145 cm³/mol. The van der Waals surface area contributed by atoms with Crippen LogP contribution in [0, 0.1) is 11.8 Å². The van der Waals surface area contributed by atoms with Crippen LogP contribution < -0.4 is 0 Å². The SMILES string of the molecule is CC(C)C1=CC2=[N+](CC1)CC1C=Cc3c(oc4ccc(-c5cccc(-c6ccccc6)c5)cc34)C21. The molecule has 0 radical (unpaired) electrons. The van der Waals surface area contributed by atoms with Crippen molar-refractivity contribution in [2.24, 2.45) is 11.8 Å². The second-order valence-electron chi connectivity index (χ2n) is 10.5. The zero-order valence-electron chi connectivity index (χ0n) is 20.4. The highest BCUT2D eigenvalue weighted by molar-refractivity contribution is 6.02. The van der Waals surface area contributed by atoms with Crippen LogP contribution in [-0.2, 0) is 0 Å². The van der Waals surface area contributed by atoms with Crippen LogP contribution in [-0.4, -0.2) is 23.4 Å². The third-order valence-electron chi connectivity index (χ3n) is 8.14. The fourth-order valence-electron chi connectivity index (χ4n) is 6.21. The molecule has 0 saturated heterocycles. The smallest absolute Gasteiger partial charge is 0.187 e. The molecule has 2 nitrogen and oxygen atoms in total. The van der Waals surface area contributed by atoms with Gasteiger partial charge in [-0.15, -0.1) is 0 Å². The summed E-state index contributed by atoms with van der Waals surface area (Å²) in [6.45, 7) is 6.87. The van der Waals surface area contributed by atoms with Crippen molar-refractivity contribution in [3.63, 3.8) is 0 Å². The van der Waals surface area contributed by atoms with Gasteiger partial charge >= 0.3 is 0 Å². The standard InChI is InChI=1S/C33H30NO/c1-21(2)23-15-16-34-20-27-11-13-28-29-18-26(12-14-31(29)35-33(28)32(27)30(34)19-23)25-10-6-9-24(17-25)22-7-4-3-5-8-22/h3-14,17-19,21,27,32H,15-16,20H2,1-2H3/q+1. The molecule has 35 heavy (non-hydrogen) atoms. The lowest BCUT2D eigenvalue weighted by molar-refractivity contribution is -0.523. The van der Waals surface area contributed by atoms with E-state index >= 15 is 0 Å². The summed E-state index contributed by atoms with van der Waals surface area (Å²) in [5.41, 5.74) is 10.2. The zero-order valence-corrected chi connectivity index (χ0v) is 20.4. The maximum Gasteiger partial charge on any atom is 0.187 e. The Kier molecular flexibility index (Phi) is 4.70. The molecule has 1 aromatic heterocycles. The van der Waals surface area contributed by atoms with Crippen LogP contribution in [0.2, 0.25) is 0 Å². The molecule has 0 bridgehead atoms.